The number of carbonyl (C=O) groups is 4. The van der Waals surface area contributed by atoms with E-state index < -0.39 is 29.7 Å². The van der Waals surface area contributed by atoms with Crippen LogP contribution >= 0.6 is 23.7 Å². The second kappa shape index (κ2) is 10.8. The summed E-state index contributed by atoms with van der Waals surface area (Å²) in [5, 5.41) is 5.13. The number of nitrogens with zero attached hydrogens (tertiary/aromatic N) is 3. The smallest absolute Gasteiger partial charge is 0.354 e. The molecule has 3 amide bonds. The van der Waals surface area contributed by atoms with Crippen LogP contribution in [0.25, 0.3) is 0 Å². The van der Waals surface area contributed by atoms with Crippen LogP contribution < -0.4 is 10.6 Å². The second-order valence-corrected chi connectivity index (χ2v) is 9.85. The minimum absolute atomic E-state index is 0.0247. The van der Waals surface area contributed by atoms with Crippen LogP contribution in [0.4, 0.5) is 0 Å². The van der Waals surface area contributed by atoms with Crippen molar-refractivity contribution in [1.82, 2.24) is 19.8 Å². The van der Waals surface area contributed by atoms with Crippen molar-refractivity contribution in [2.45, 2.75) is 17.7 Å². The molecule has 0 saturated carbocycles. The molecule has 0 aromatic heterocycles. The molecule has 1 aromatic rings. The first-order chi connectivity index (χ1) is 15.8. The normalized spacial score (nSPS) is 20.2. The molecule has 0 aliphatic carbocycles. The molecule has 0 radical (unpaired) electrons. The monoisotopic (exact) mass is 491 g/mol. The Labute approximate surface area is 200 Å². The highest BCUT2D eigenvalue weighted by Gasteiger charge is 2.43. The largest absolute Gasteiger partial charge is 0.464 e. The van der Waals surface area contributed by atoms with Crippen molar-refractivity contribution in [3.63, 3.8) is 0 Å². The Morgan fingerprint density at radius 2 is 1.91 bits per heavy atom. The van der Waals surface area contributed by atoms with Crippen LogP contribution in [0.3, 0.4) is 0 Å². The van der Waals surface area contributed by atoms with Crippen molar-refractivity contribution >= 4 is 53.7 Å². The van der Waals surface area contributed by atoms with E-state index in [-0.39, 0.29) is 28.1 Å². The van der Waals surface area contributed by atoms with Gasteiger partial charge in [0.2, 0.25) is 0 Å². The van der Waals surface area contributed by atoms with Crippen molar-refractivity contribution in [2.24, 2.45) is 4.99 Å². The summed E-state index contributed by atoms with van der Waals surface area (Å²) in [6.07, 6.45) is 1.73. The summed E-state index contributed by atoms with van der Waals surface area (Å²) in [5.74, 6) is -1.49. The molecule has 12 heteroatoms. The maximum Gasteiger partial charge on any atom is 0.354 e. The van der Waals surface area contributed by atoms with E-state index in [9.17, 15) is 19.2 Å². The highest BCUT2D eigenvalue weighted by Crippen LogP contribution is 2.33. The number of β-lactam (4-membered cyclic amide) rings is 1. The van der Waals surface area contributed by atoms with Crippen LogP contribution in [0.2, 0.25) is 0 Å². The van der Waals surface area contributed by atoms with Crippen LogP contribution in [0, 0.1) is 0 Å². The van der Waals surface area contributed by atoms with Crippen LogP contribution in [0.5, 0.6) is 0 Å². The van der Waals surface area contributed by atoms with E-state index in [0.29, 0.717) is 11.3 Å². The van der Waals surface area contributed by atoms with Gasteiger partial charge in [-0.25, -0.2) is 9.79 Å². The third-order valence-electron chi connectivity index (χ3n) is 4.98. The summed E-state index contributed by atoms with van der Waals surface area (Å²) in [4.78, 5) is 55.7. The maximum atomic E-state index is 12.8. The van der Waals surface area contributed by atoms with Gasteiger partial charge in [-0.05, 0) is 36.6 Å². The molecule has 2 N–H and O–H groups in total. The number of rotatable bonds is 8. The minimum atomic E-state index is -0.806. The summed E-state index contributed by atoms with van der Waals surface area (Å²) in [7, 11) is 4.63. The first-order valence-corrected chi connectivity index (χ1v) is 11.9. The summed E-state index contributed by atoms with van der Waals surface area (Å²) in [6, 6.07) is 5.53. The molecule has 0 spiro atoms. The summed E-state index contributed by atoms with van der Waals surface area (Å²) in [5.41, 5.74) is 1.23. The number of nitrogens with one attached hydrogen (secondary N) is 2. The number of likely N-dealkylation sites (tertiary alicyclic amines) is 1. The molecular formula is C21H25N5O5S2. The Kier molecular flexibility index (Phi) is 8.03. The van der Waals surface area contributed by atoms with Gasteiger partial charge in [0, 0.05) is 19.8 Å². The summed E-state index contributed by atoms with van der Waals surface area (Å²) in [6.45, 7) is 1.89. The Bertz CT molecular complexity index is 1030. The third kappa shape index (κ3) is 5.50. The van der Waals surface area contributed by atoms with Gasteiger partial charge < -0.3 is 24.6 Å². The molecular weight excluding hydrogens is 466 g/mol. The topological polar surface area (TPSA) is 120 Å². The van der Waals surface area contributed by atoms with Crippen LogP contribution in [0.1, 0.15) is 27.6 Å². The first-order valence-electron chi connectivity index (χ1n) is 10.0. The van der Waals surface area contributed by atoms with Gasteiger partial charge in [-0.3, -0.25) is 14.4 Å². The molecule has 2 unspecified atom stereocenters. The molecule has 1 saturated heterocycles. The number of ether oxygens (including phenoxy) is 1. The Hall–Kier alpha value is -2.99. The van der Waals surface area contributed by atoms with Gasteiger partial charge in [0.05, 0.1) is 31.1 Å². The maximum absolute atomic E-state index is 12.8. The highest BCUT2D eigenvalue weighted by atomic mass is 32.2. The molecule has 10 nitrogen and oxygen atoms in total. The third-order valence-corrected chi connectivity index (χ3v) is 7.38. The number of methoxy groups -OCH3 is 1. The molecule has 2 heterocycles. The molecule has 2 aliphatic rings. The van der Waals surface area contributed by atoms with E-state index in [1.165, 1.54) is 43.0 Å². The number of esters is 1. The standard InChI is InChI=1S/C21H25N5O5S2/c1-12(10-32-21-23-11-25(3)33-21)16(20(30)31-4)26-9-15(19(26)29)24-18(28)14-8-6-5-7-13(14)17(27)22-2/h5-8,11,15,21H,9-10H2,1-4H3,(H,22,27)(H,24,28). The van der Waals surface area contributed by atoms with E-state index in [2.05, 4.69) is 15.6 Å². The molecule has 33 heavy (non-hydrogen) atoms. The van der Waals surface area contributed by atoms with Crippen molar-refractivity contribution in [3.05, 3.63) is 46.7 Å². The minimum Gasteiger partial charge on any atom is -0.464 e. The zero-order valence-corrected chi connectivity index (χ0v) is 20.3. The molecule has 3 rings (SSSR count). The molecule has 2 aliphatic heterocycles. The van der Waals surface area contributed by atoms with E-state index >= 15 is 0 Å². The molecule has 176 valence electrons. The van der Waals surface area contributed by atoms with E-state index in [4.69, 9.17) is 4.74 Å². The molecule has 1 aromatic carbocycles. The van der Waals surface area contributed by atoms with Gasteiger partial charge in [-0.1, -0.05) is 12.1 Å². The summed E-state index contributed by atoms with van der Waals surface area (Å²) >= 11 is 3.08. The molecule has 0 bridgehead atoms. The lowest BCUT2D eigenvalue weighted by atomic mass is 10.0. The Morgan fingerprint density at radius 1 is 1.24 bits per heavy atom. The highest BCUT2D eigenvalue weighted by molar-refractivity contribution is 8.16. The lowest BCUT2D eigenvalue weighted by Crippen LogP contribution is -2.64. The lowest BCUT2D eigenvalue weighted by Gasteiger charge is -2.39. The van der Waals surface area contributed by atoms with Gasteiger partial charge >= 0.3 is 5.97 Å². The number of amides is 3. The number of benzene rings is 1. The number of hydrogen-bond acceptors (Lipinski definition) is 9. The average molecular weight is 492 g/mol. The van der Waals surface area contributed by atoms with Crippen LogP contribution in [-0.2, 0) is 14.3 Å². The van der Waals surface area contributed by atoms with Gasteiger partial charge in [0.1, 0.15) is 11.7 Å². The lowest BCUT2D eigenvalue weighted by molar-refractivity contribution is -0.148. The second-order valence-electron chi connectivity index (χ2n) is 7.25. The van der Waals surface area contributed by atoms with Crippen molar-refractivity contribution < 1.29 is 23.9 Å². The average Bonchev–Trinajstić information content (AvgIpc) is 3.25. The van der Waals surface area contributed by atoms with Gasteiger partial charge in [-0.15, -0.1) is 11.8 Å². The van der Waals surface area contributed by atoms with Crippen LogP contribution in [0.15, 0.2) is 40.5 Å². The quantitative estimate of drug-likeness (QED) is 0.240. The van der Waals surface area contributed by atoms with Crippen LogP contribution in [-0.4, -0.2) is 83.5 Å². The fourth-order valence-corrected chi connectivity index (χ4v) is 5.31. The Morgan fingerprint density at radius 3 is 2.45 bits per heavy atom. The molecule has 1 fully saturated rings. The molecule has 2 atom stereocenters. The number of carbonyl (C=O) groups excluding carboxylic acids is 4. The van der Waals surface area contributed by atoms with E-state index in [1.54, 1.807) is 37.3 Å². The van der Waals surface area contributed by atoms with Crippen molar-refractivity contribution in [1.29, 1.82) is 0 Å². The van der Waals surface area contributed by atoms with Gasteiger partial charge in [-0.2, -0.15) is 0 Å². The van der Waals surface area contributed by atoms with Gasteiger partial charge in [0.15, 0.2) is 4.71 Å². The fraction of sp³-hybridized carbons (Fsp3) is 0.381. The van der Waals surface area contributed by atoms with Crippen molar-refractivity contribution in [2.75, 3.05) is 33.5 Å². The zero-order chi connectivity index (χ0) is 24.1. The first kappa shape index (κ1) is 24.6. The number of aliphatic imine (C=N–C) groups is 1. The predicted molar refractivity (Wildman–Crippen MR) is 128 cm³/mol. The zero-order valence-electron chi connectivity index (χ0n) is 18.7. The van der Waals surface area contributed by atoms with E-state index in [1.807, 2.05) is 11.4 Å². The fourth-order valence-electron chi connectivity index (χ4n) is 3.28. The Balaban J connectivity index is 1.68. The summed E-state index contributed by atoms with van der Waals surface area (Å²) < 4.78 is 6.76. The SMILES string of the molecule is CNC(=O)c1ccccc1C(=O)NC1CN(C(C(=O)OC)=C(C)CSC2N=CN(C)S2)C1=O. The van der Waals surface area contributed by atoms with Gasteiger partial charge in [0.25, 0.3) is 17.7 Å². The van der Waals surface area contributed by atoms with Crippen molar-refractivity contribution in [3.8, 4) is 0 Å². The predicted octanol–water partition coefficient (Wildman–Crippen LogP) is 1.07. The number of thioether (sulfide) groups is 1. The number of hydrogen-bond donors (Lipinski definition) is 2. The van der Waals surface area contributed by atoms with E-state index in [0.717, 1.165) is 0 Å².